The Morgan fingerprint density at radius 1 is 1.35 bits per heavy atom. The second-order valence-electron chi connectivity index (χ2n) is 4.30. The highest BCUT2D eigenvalue weighted by atomic mass is 32.2. The van der Waals surface area contributed by atoms with Crippen molar-refractivity contribution in [2.24, 2.45) is 0 Å². The predicted octanol–water partition coefficient (Wildman–Crippen LogP) is 1.35. The summed E-state index contributed by atoms with van der Waals surface area (Å²) >= 11 is 0. The van der Waals surface area contributed by atoms with Gasteiger partial charge in [0.05, 0.1) is 5.75 Å². The average molecular weight is 296 g/mol. The molecule has 0 amide bonds. The maximum absolute atomic E-state index is 12.0. The highest BCUT2D eigenvalue weighted by molar-refractivity contribution is 7.89. The van der Waals surface area contributed by atoms with E-state index in [2.05, 4.69) is 10.3 Å². The van der Waals surface area contributed by atoms with Gasteiger partial charge in [-0.05, 0) is 18.6 Å². The van der Waals surface area contributed by atoms with Crippen molar-refractivity contribution in [2.75, 3.05) is 30.7 Å². The molecule has 1 heterocycles. The van der Waals surface area contributed by atoms with E-state index in [9.17, 15) is 8.42 Å². The molecule has 1 rings (SSSR count). The van der Waals surface area contributed by atoms with Crippen molar-refractivity contribution in [1.82, 2.24) is 9.29 Å². The molecule has 0 atom stereocenters. The molecule has 0 aromatic carbocycles. The fourth-order valence-electron chi connectivity index (χ4n) is 1.79. The first-order chi connectivity index (χ1) is 9.44. The highest BCUT2D eigenvalue weighted by Crippen LogP contribution is 2.09. The number of pyridine rings is 1. The summed E-state index contributed by atoms with van der Waals surface area (Å²) in [5, 5.41) is 11.8. The monoisotopic (exact) mass is 296 g/mol. The van der Waals surface area contributed by atoms with E-state index in [4.69, 9.17) is 5.26 Å². The van der Waals surface area contributed by atoms with E-state index in [1.54, 1.807) is 19.1 Å². The second kappa shape index (κ2) is 7.22. The van der Waals surface area contributed by atoms with Crippen LogP contribution in [0.25, 0.3) is 0 Å². The Bertz CT molecular complexity index is 589. The topological polar surface area (TPSA) is 86.1 Å². The van der Waals surface area contributed by atoms with Crippen LogP contribution in [0.1, 0.15) is 25.1 Å². The molecule has 0 fully saturated rings. The molecule has 0 radical (unpaired) electrons. The molecule has 7 heteroatoms. The molecule has 0 spiro atoms. The maximum Gasteiger partial charge on any atom is 0.215 e. The molecule has 0 aliphatic carbocycles. The number of hydrogen-bond donors (Lipinski definition) is 1. The van der Waals surface area contributed by atoms with E-state index in [-0.39, 0.29) is 12.3 Å². The van der Waals surface area contributed by atoms with Gasteiger partial charge >= 0.3 is 0 Å². The molecule has 0 saturated carbocycles. The van der Waals surface area contributed by atoms with Crippen molar-refractivity contribution in [1.29, 1.82) is 5.26 Å². The summed E-state index contributed by atoms with van der Waals surface area (Å²) in [6.07, 6.45) is 0. The molecule has 110 valence electrons. The lowest BCUT2D eigenvalue weighted by atomic mass is 10.2. The fraction of sp³-hybridized carbons (Fsp3) is 0.538. The number of nitrogens with one attached hydrogen (secondary N) is 1. The smallest absolute Gasteiger partial charge is 0.215 e. The van der Waals surface area contributed by atoms with Gasteiger partial charge in [0.1, 0.15) is 17.6 Å². The summed E-state index contributed by atoms with van der Waals surface area (Å²) < 4.78 is 25.4. The summed E-state index contributed by atoms with van der Waals surface area (Å²) in [6.45, 7) is 6.64. The predicted molar refractivity (Wildman–Crippen MR) is 78.9 cm³/mol. The van der Waals surface area contributed by atoms with E-state index in [1.807, 2.05) is 19.9 Å². The number of rotatable bonds is 7. The van der Waals surface area contributed by atoms with Crippen molar-refractivity contribution in [3.63, 3.8) is 0 Å². The van der Waals surface area contributed by atoms with Crippen molar-refractivity contribution in [3.8, 4) is 6.07 Å². The number of nitrogens with zero attached hydrogens (tertiary/aromatic N) is 3. The summed E-state index contributed by atoms with van der Waals surface area (Å²) in [4.78, 5) is 4.11. The minimum Gasteiger partial charge on any atom is -0.369 e. The number of aromatic nitrogens is 1. The van der Waals surface area contributed by atoms with Gasteiger partial charge in [-0.2, -0.15) is 5.26 Å². The van der Waals surface area contributed by atoms with Crippen LogP contribution >= 0.6 is 0 Å². The van der Waals surface area contributed by atoms with Crippen LogP contribution in [0.3, 0.4) is 0 Å². The number of anilines is 1. The first-order valence-electron chi connectivity index (χ1n) is 6.54. The van der Waals surface area contributed by atoms with Crippen molar-refractivity contribution in [3.05, 3.63) is 23.4 Å². The molecule has 1 N–H and O–H groups in total. The summed E-state index contributed by atoms with van der Waals surface area (Å²) in [7, 11) is -3.24. The average Bonchev–Trinajstić information content (AvgIpc) is 2.41. The van der Waals surface area contributed by atoms with Crippen molar-refractivity contribution in [2.45, 2.75) is 20.8 Å². The van der Waals surface area contributed by atoms with Gasteiger partial charge < -0.3 is 5.32 Å². The zero-order valence-electron chi connectivity index (χ0n) is 12.0. The van der Waals surface area contributed by atoms with Gasteiger partial charge in [0.25, 0.3) is 0 Å². The Morgan fingerprint density at radius 2 is 2.00 bits per heavy atom. The van der Waals surface area contributed by atoms with Gasteiger partial charge in [-0.25, -0.2) is 17.7 Å². The van der Waals surface area contributed by atoms with Crippen LogP contribution < -0.4 is 5.32 Å². The van der Waals surface area contributed by atoms with E-state index >= 15 is 0 Å². The van der Waals surface area contributed by atoms with Crippen LogP contribution in [0.5, 0.6) is 0 Å². The normalized spacial score (nSPS) is 11.3. The van der Waals surface area contributed by atoms with Crippen LogP contribution in [0.4, 0.5) is 5.82 Å². The lowest BCUT2D eigenvalue weighted by Gasteiger charge is -2.18. The SMILES string of the molecule is CCN(CC)S(=O)(=O)CCNc1ccc(C)c(C#N)n1. The summed E-state index contributed by atoms with van der Waals surface area (Å²) in [5.41, 5.74) is 1.15. The van der Waals surface area contributed by atoms with Crippen LogP contribution in [-0.4, -0.2) is 43.1 Å². The molecule has 0 unspecified atom stereocenters. The minimum atomic E-state index is -3.24. The third-order valence-electron chi connectivity index (χ3n) is 2.97. The molecule has 0 aliphatic rings. The third kappa shape index (κ3) is 4.18. The molecule has 0 bridgehead atoms. The molecular formula is C13H20N4O2S. The molecule has 0 aliphatic heterocycles. The van der Waals surface area contributed by atoms with E-state index in [0.29, 0.717) is 24.6 Å². The summed E-state index contributed by atoms with van der Waals surface area (Å²) in [6, 6.07) is 5.52. The standard InChI is InChI=1S/C13H20N4O2S/c1-4-17(5-2)20(18,19)9-8-15-13-7-6-11(3)12(10-14)16-13/h6-7H,4-5,8-9H2,1-3H3,(H,15,16). The van der Waals surface area contributed by atoms with Gasteiger partial charge in [-0.1, -0.05) is 19.9 Å². The molecule has 0 saturated heterocycles. The zero-order valence-corrected chi connectivity index (χ0v) is 12.9. The number of nitriles is 1. The van der Waals surface area contributed by atoms with E-state index in [1.165, 1.54) is 4.31 Å². The molecule has 1 aromatic heterocycles. The Morgan fingerprint density at radius 3 is 2.55 bits per heavy atom. The number of hydrogen-bond acceptors (Lipinski definition) is 5. The molecule has 20 heavy (non-hydrogen) atoms. The van der Waals surface area contributed by atoms with Crippen molar-refractivity contribution < 1.29 is 8.42 Å². The highest BCUT2D eigenvalue weighted by Gasteiger charge is 2.17. The van der Waals surface area contributed by atoms with Gasteiger partial charge in [-0.15, -0.1) is 0 Å². The van der Waals surface area contributed by atoms with Crippen LogP contribution in [0.15, 0.2) is 12.1 Å². The quantitative estimate of drug-likeness (QED) is 0.820. The number of aryl methyl sites for hydroxylation is 1. The first-order valence-corrected chi connectivity index (χ1v) is 8.15. The van der Waals surface area contributed by atoms with Gasteiger partial charge in [-0.3, -0.25) is 0 Å². The van der Waals surface area contributed by atoms with Gasteiger partial charge in [0.15, 0.2) is 0 Å². The maximum atomic E-state index is 12.0. The van der Waals surface area contributed by atoms with Gasteiger partial charge in [0.2, 0.25) is 10.0 Å². The van der Waals surface area contributed by atoms with E-state index in [0.717, 1.165) is 5.56 Å². The Labute approximate surface area is 120 Å². The largest absolute Gasteiger partial charge is 0.369 e. The number of sulfonamides is 1. The Hall–Kier alpha value is -1.65. The third-order valence-corrected chi connectivity index (χ3v) is 4.99. The summed E-state index contributed by atoms with van der Waals surface area (Å²) in [5.74, 6) is 0.522. The first kappa shape index (κ1) is 16.4. The molecular weight excluding hydrogens is 276 g/mol. The minimum absolute atomic E-state index is 0.00607. The van der Waals surface area contributed by atoms with E-state index < -0.39 is 10.0 Å². The zero-order chi connectivity index (χ0) is 15.2. The van der Waals surface area contributed by atoms with Gasteiger partial charge in [0, 0.05) is 19.6 Å². The van der Waals surface area contributed by atoms with Crippen LogP contribution in [0.2, 0.25) is 0 Å². The second-order valence-corrected chi connectivity index (χ2v) is 6.39. The van der Waals surface area contributed by atoms with Crippen LogP contribution in [-0.2, 0) is 10.0 Å². The molecule has 1 aromatic rings. The van der Waals surface area contributed by atoms with Crippen molar-refractivity contribution >= 4 is 15.8 Å². The molecule has 6 nitrogen and oxygen atoms in total. The fourth-order valence-corrected chi connectivity index (χ4v) is 3.20. The Kier molecular flexibility index (Phi) is 5.92. The Balaban J connectivity index is 2.63. The lowest BCUT2D eigenvalue weighted by molar-refractivity contribution is 0.446. The van der Waals surface area contributed by atoms with Crippen LogP contribution in [0, 0.1) is 18.3 Å². The lowest BCUT2D eigenvalue weighted by Crippen LogP contribution is -2.34.